The van der Waals surface area contributed by atoms with Crippen molar-refractivity contribution in [2.45, 2.75) is 57.6 Å². The van der Waals surface area contributed by atoms with Crippen molar-refractivity contribution in [1.82, 2.24) is 10.2 Å². The molecule has 1 N–H and O–H groups in total. The van der Waals surface area contributed by atoms with Crippen LogP contribution in [0.2, 0.25) is 5.02 Å². The lowest BCUT2D eigenvalue weighted by Gasteiger charge is -2.33. The van der Waals surface area contributed by atoms with Crippen LogP contribution in [0.5, 0.6) is 0 Å². The van der Waals surface area contributed by atoms with E-state index in [9.17, 15) is 22.4 Å². The number of carbonyl (C=O) groups is 2. The second-order valence-corrected chi connectivity index (χ2v) is 12.7. The summed E-state index contributed by atoms with van der Waals surface area (Å²) in [4.78, 5) is 28.2. The van der Waals surface area contributed by atoms with Crippen LogP contribution in [0.15, 0.2) is 77.7 Å². The van der Waals surface area contributed by atoms with Crippen LogP contribution in [-0.2, 0) is 26.2 Å². The van der Waals surface area contributed by atoms with E-state index in [-0.39, 0.29) is 17.1 Å². The summed E-state index contributed by atoms with van der Waals surface area (Å²) >= 11 is 6.04. The average Bonchev–Trinajstić information content (AvgIpc) is 2.86. The molecule has 7 nitrogen and oxygen atoms in total. The molecule has 0 radical (unpaired) electrons. The van der Waals surface area contributed by atoms with Gasteiger partial charge in [0.25, 0.3) is 10.0 Å². The van der Waals surface area contributed by atoms with Crippen LogP contribution in [0.25, 0.3) is 0 Å². The van der Waals surface area contributed by atoms with Gasteiger partial charge >= 0.3 is 0 Å². The highest BCUT2D eigenvalue weighted by Gasteiger charge is 2.33. The number of benzene rings is 3. The van der Waals surface area contributed by atoms with E-state index in [0.717, 1.165) is 9.87 Å². The molecule has 39 heavy (non-hydrogen) atoms. The quantitative estimate of drug-likeness (QED) is 0.376. The molecule has 10 heteroatoms. The molecule has 0 saturated carbocycles. The zero-order chi connectivity index (χ0) is 29.0. The van der Waals surface area contributed by atoms with Gasteiger partial charge in [-0.05, 0) is 88.7 Å². The molecule has 1 atom stereocenters. The Kier molecular flexibility index (Phi) is 9.40. The monoisotopic (exact) mass is 573 g/mol. The van der Waals surface area contributed by atoms with Crippen LogP contribution in [0.1, 0.15) is 38.8 Å². The van der Waals surface area contributed by atoms with Gasteiger partial charge < -0.3 is 10.2 Å². The number of carbonyl (C=O) groups excluding carboxylic acids is 2. The standard InChI is InChI=1S/C29H33ClFN3O4S/c1-20-6-16-26(17-7-20)39(37,38)34(25-14-10-23(30)11-15-25)19-27(35)33(18-22-8-12-24(31)13-9-22)21(2)28(36)32-29(3,4)5/h6-17,21H,18-19H2,1-5H3,(H,32,36)/t21-/m1/s1. The number of aryl methyl sites for hydroxylation is 1. The van der Waals surface area contributed by atoms with E-state index in [2.05, 4.69) is 5.32 Å². The van der Waals surface area contributed by atoms with Crippen molar-refractivity contribution in [1.29, 1.82) is 0 Å². The molecule has 0 aliphatic carbocycles. The molecule has 2 amide bonds. The maximum absolute atomic E-state index is 13.8. The fourth-order valence-electron chi connectivity index (χ4n) is 3.82. The van der Waals surface area contributed by atoms with E-state index in [1.165, 1.54) is 65.6 Å². The predicted molar refractivity (Wildman–Crippen MR) is 151 cm³/mol. The Balaban J connectivity index is 2.02. The Morgan fingerprint density at radius 1 is 0.949 bits per heavy atom. The number of hydrogen-bond acceptors (Lipinski definition) is 4. The smallest absolute Gasteiger partial charge is 0.264 e. The van der Waals surface area contributed by atoms with Crippen molar-refractivity contribution in [2.24, 2.45) is 0 Å². The Bertz CT molecular complexity index is 1400. The summed E-state index contributed by atoms with van der Waals surface area (Å²) in [6, 6.07) is 17.0. The van der Waals surface area contributed by atoms with Gasteiger partial charge in [0.05, 0.1) is 10.6 Å². The van der Waals surface area contributed by atoms with Gasteiger partial charge in [0.2, 0.25) is 11.8 Å². The van der Waals surface area contributed by atoms with Gasteiger partial charge in [-0.15, -0.1) is 0 Å². The van der Waals surface area contributed by atoms with E-state index in [0.29, 0.717) is 10.6 Å². The van der Waals surface area contributed by atoms with Gasteiger partial charge in [0, 0.05) is 17.1 Å². The van der Waals surface area contributed by atoms with Gasteiger partial charge in [-0.25, -0.2) is 12.8 Å². The molecular formula is C29H33ClFN3O4S. The second-order valence-electron chi connectivity index (χ2n) is 10.4. The summed E-state index contributed by atoms with van der Waals surface area (Å²) in [6.45, 7) is 8.27. The molecule has 208 valence electrons. The number of halogens is 2. The van der Waals surface area contributed by atoms with Crippen molar-refractivity contribution in [3.63, 3.8) is 0 Å². The number of amides is 2. The number of sulfonamides is 1. The van der Waals surface area contributed by atoms with Crippen LogP contribution in [0.3, 0.4) is 0 Å². The SMILES string of the molecule is Cc1ccc(S(=O)(=O)N(CC(=O)N(Cc2ccc(F)cc2)[C@H](C)C(=O)NC(C)(C)C)c2ccc(Cl)cc2)cc1. The molecule has 0 aromatic heterocycles. The zero-order valence-corrected chi connectivity index (χ0v) is 24.2. The minimum atomic E-state index is -4.17. The maximum atomic E-state index is 13.8. The maximum Gasteiger partial charge on any atom is 0.264 e. The summed E-state index contributed by atoms with van der Waals surface area (Å²) in [6.07, 6.45) is 0. The van der Waals surface area contributed by atoms with Gasteiger partial charge in [-0.1, -0.05) is 41.4 Å². The summed E-state index contributed by atoms with van der Waals surface area (Å²) in [7, 11) is -4.17. The largest absolute Gasteiger partial charge is 0.350 e. The minimum Gasteiger partial charge on any atom is -0.350 e. The van der Waals surface area contributed by atoms with E-state index in [1.807, 2.05) is 27.7 Å². The molecule has 0 aliphatic rings. The third-order valence-electron chi connectivity index (χ3n) is 5.93. The van der Waals surface area contributed by atoms with Crippen LogP contribution in [-0.4, -0.2) is 43.3 Å². The molecule has 3 aromatic rings. The Morgan fingerprint density at radius 2 is 1.51 bits per heavy atom. The van der Waals surface area contributed by atoms with Crippen molar-refractivity contribution in [3.8, 4) is 0 Å². The van der Waals surface area contributed by atoms with E-state index < -0.39 is 45.8 Å². The summed E-state index contributed by atoms with van der Waals surface area (Å²) in [5.74, 6) is -1.45. The summed E-state index contributed by atoms with van der Waals surface area (Å²) in [5.41, 5.74) is 1.15. The predicted octanol–water partition coefficient (Wildman–Crippen LogP) is 5.31. The number of rotatable bonds is 9. The third-order valence-corrected chi connectivity index (χ3v) is 7.97. The van der Waals surface area contributed by atoms with Crippen molar-refractivity contribution in [2.75, 3.05) is 10.8 Å². The Morgan fingerprint density at radius 3 is 2.05 bits per heavy atom. The second kappa shape index (κ2) is 12.2. The fraction of sp³-hybridized carbons (Fsp3) is 0.310. The highest BCUT2D eigenvalue weighted by molar-refractivity contribution is 7.92. The van der Waals surface area contributed by atoms with Gasteiger partial charge in [0.15, 0.2) is 0 Å². The molecular weight excluding hydrogens is 541 g/mol. The fourth-order valence-corrected chi connectivity index (χ4v) is 5.36. The highest BCUT2D eigenvalue weighted by atomic mass is 35.5. The molecule has 0 saturated heterocycles. The molecule has 0 spiro atoms. The van der Waals surface area contributed by atoms with Crippen LogP contribution in [0.4, 0.5) is 10.1 Å². The van der Waals surface area contributed by atoms with Crippen LogP contribution in [0, 0.1) is 12.7 Å². The first-order chi connectivity index (χ1) is 18.2. The first-order valence-electron chi connectivity index (χ1n) is 12.4. The summed E-state index contributed by atoms with van der Waals surface area (Å²) in [5, 5.41) is 3.27. The Hall–Kier alpha value is -3.43. The summed E-state index contributed by atoms with van der Waals surface area (Å²) < 4.78 is 42.1. The third kappa shape index (κ3) is 8.03. The lowest BCUT2D eigenvalue weighted by Crippen LogP contribution is -2.54. The van der Waals surface area contributed by atoms with Crippen molar-refractivity contribution in [3.05, 3.63) is 94.8 Å². The Labute approximate surface area is 234 Å². The minimum absolute atomic E-state index is 0.0134. The van der Waals surface area contributed by atoms with Crippen LogP contribution >= 0.6 is 11.6 Å². The number of nitrogens with one attached hydrogen (secondary N) is 1. The first-order valence-corrected chi connectivity index (χ1v) is 14.2. The van der Waals surface area contributed by atoms with Crippen LogP contribution < -0.4 is 9.62 Å². The highest BCUT2D eigenvalue weighted by Crippen LogP contribution is 2.26. The molecule has 0 bridgehead atoms. The van der Waals surface area contributed by atoms with Gasteiger partial charge in [-0.2, -0.15) is 0 Å². The number of anilines is 1. The van der Waals surface area contributed by atoms with E-state index in [1.54, 1.807) is 19.1 Å². The van der Waals surface area contributed by atoms with Crippen molar-refractivity contribution >= 4 is 39.1 Å². The normalized spacial score (nSPS) is 12.5. The molecule has 0 heterocycles. The van der Waals surface area contributed by atoms with Gasteiger partial charge in [-0.3, -0.25) is 13.9 Å². The lowest BCUT2D eigenvalue weighted by molar-refractivity contribution is -0.140. The van der Waals surface area contributed by atoms with Crippen molar-refractivity contribution < 1.29 is 22.4 Å². The average molecular weight is 574 g/mol. The molecule has 0 fully saturated rings. The molecule has 0 aliphatic heterocycles. The zero-order valence-electron chi connectivity index (χ0n) is 22.6. The van der Waals surface area contributed by atoms with E-state index in [4.69, 9.17) is 11.6 Å². The molecule has 3 aromatic carbocycles. The lowest BCUT2D eigenvalue weighted by atomic mass is 10.1. The number of nitrogens with zero attached hydrogens (tertiary/aromatic N) is 2. The molecule has 0 unspecified atom stereocenters. The first kappa shape index (κ1) is 30.1. The van der Waals surface area contributed by atoms with E-state index >= 15 is 0 Å². The number of hydrogen-bond donors (Lipinski definition) is 1. The topological polar surface area (TPSA) is 86.8 Å². The molecule has 3 rings (SSSR count). The van der Waals surface area contributed by atoms with Gasteiger partial charge in [0.1, 0.15) is 18.4 Å².